The van der Waals surface area contributed by atoms with Crippen molar-refractivity contribution < 1.29 is 9.59 Å². The minimum absolute atomic E-state index is 0.00747. The molecule has 0 radical (unpaired) electrons. The van der Waals surface area contributed by atoms with Crippen molar-refractivity contribution >= 4 is 23.1 Å². The second-order valence-corrected chi connectivity index (χ2v) is 7.55. The van der Waals surface area contributed by atoms with Gasteiger partial charge in [0.25, 0.3) is 0 Å². The first-order valence-electron chi connectivity index (χ1n) is 9.99. The number of ketones is 1. The average molecular weight is 388 g/mol. The maximum Gasteiger partial charge on any atom is 0.244 e. The van der Waals surface area contributed by atoms with Crippen molar-refractivity contribution in [3.05, 3.63) is 59.7 Å². The van der Waals surface area contributed by atoms with Crippen LogP contribution in [0.3, 0.4) is 0 Å². The molecule has 29 heavy (non-hydrogen) atoms. The van der Waals surface area contributed by atoms with E-state index >= 15 is 0 Å². The number of hydrogen-bond acceptors (Lipinski definition) is 5. The van der Waals surface area contributed by atoms with Gasteiger partial charge in [0.2, 0.25) is 5.91 Å². The van der Waals surface area contributed by atoms with E-state index in [1.165, 1.54) is 6.92 Å². The third-order valence-electron chi connectivity index (χ3n) is 5.87. The normalized spacial score (nSPS) is 20.0. The minimum atomic E-state index is -0.0867. The molecule has 1 amide bonds. The number of nitrogens with zero attached hydrogens (tertiary/aromatic N) is 4. The molecule has 0 spiro atoms. The lowest BCUT2D eigenvalue weighted by Crippen LogP contribution is -2.52. The zero-order valence-corrected chi connectivity index (χ0v) is 16.5. The molecule has 1 unspecified atom stereocenters. The molecule has 0 bridgehead atoms. The van der Waals surface area contributed by atoms with Crippen LogP contribution in [0.15, 0.2) is 48.5 Å². The number of hydrogen-bond donors (Lipinski definition) is 0. The Morgan fingerprint density at radius 2 is 1.76 bits per heavy atom. The van der Waals surface area contributed by atoms with Gasteiger partial charge in [-0.2, -0.15) is 5.26 Å². The fourth-order valence-electron chi connectivity index (χ4n) is 4.25. The van der Waals surface area contributed by atoms with E-state index in [1.54, 1.807) is 12.1 Å². The Balaban J connectivity index is 1.44. The van der Waals surface area contributed by atoms with Gasteiger partial charge in [-0.25, -0.2) is 0 Å². The van der Waals surface area contributed by atoms with Crippen LogP contribution in [0.25, 0.3) is 0 Å². The van der Waals surface area contributed by atoms with Gasteiger partial charge in [0.1, 0.15) is 6.07 Å². The summed E-state index contributed by atoms with van der Waals surface area (Å²) in [6.45, 7) is 5.25. The van der Waals surface area contributed by atoms with E-state index in [2.05, 4.69) is 15.9 Å². The number of nitriles is 1. The summed E-state index contributed by atoms with van der Waals surface area (Å²) in [5, 5.41) is 9.45. The SMILES string of the molecule is CC(=O)c1ccc(C#N)c(N2CCN(C3CCN(c4ccccc4)C3=O)CC2)c1. The van der Waals surface area contributed by atoms with Gasteiger partial charge in [0, 0.05) is 44.0 Å². The van der Waals surface area contributed by atoms with E-state index in [-0.39, 0.29) is 17.7 Å². The van der Waals surface area contributed by atoms with Crippen LogP contribution in [-0.2, 0) is 4.79 Å². The van der Waals surface area contributed by atoms with Gasteiger partial charge in [-0.3, -0.25) is 14.5 Å². The summed E-state index contributed by atoms with van der Waals surface area (Å²) in [7, 11) is 0. The number of anilines is 2. The highest BCUT2D eigenvalue weighted by atomic mass is 16.2. The predicted octanol–water partition coefficient (Wildman–Crippen LogP) is 2.69. The van der Waals surface area contributed by atoms with E-state index < -0.39 is 0 Å². The van der Waals surface area contributed by atoms with Gasteiger partial charge in [-0.15, -0.1) is 0 Å². The highest BCUT2D eigenvalue weighted by molar-refractivity contribution is 5.99. The van der Waals surface area contributed by atoms with Crippen LogP contribution < -0.4 is 9.80 Å². The minimum Gasteiger partial charge on any atom is -0.368 e. The summed E-state index contributed by atoms with van der Waals surface area (Å²) < 4.78 is 0. The van der Waals surface area contributed by atoms with Crippen LogP contribution in [-0.4, -0.2) is 55.4 Å². The van der Waals surface area contributed by atoms with Crippen molar-refractivity contribution in [1.29, 1.82) is 5.26 Å². The summed E-state index contributed by atoms with van der Waals surface area (Å²) in [6.07, 6.45) is 0.830. The number of carbonyl (C=O) groups excluding carboxylic acids is 2. The van der Waals surface area contributed by atoms with E-state index in [1.807, 2.05) is 41.3 Å². The number of para-hydroxylation sites is 1. The van der Waals surface area contributed by atoms with Crippen LogP contribution >= 0.6 is 0 Å². The molecule has 2 aromatic carbocycles. The number of amides is 1. The summed E-state index contributed by atoms with van der Waals surface area (Å²) in [5.74, 6) is 0.160. The summed E-state index contributed by atoms with van der Waals surface area (Å²) in [5.41, 5.74) is 2.96. The lowest BCUT2D eigenvalue weighted by molar-refractivity contribution is -0.121. The zero-order chi connectivity index (χ0) is 20.4. The molecule has 6 nitrogen and oxygen atoms in total. The monoisotopic (exact) mass is 388 g/mol. The number of carbonyl (C=O) groups is 2. The topological polar surface area (TPSA) is 67.7 Å². The second-order valence-electron chi connectivity index (χ2n) is 7.55. The number of piperazine rings is 1. The maximum absolute atomic E-state index is 13.0. The van der Waals surface area contributed by atoms with Crippen LogP contribution in [0.5, 0.6) is 0 Å². The molecule has 2 saturated heterocycles. The zero-order valence-electron chi connectivity index (χ0n) is 16.5. The van der Waals surface area contributed by atoms with Gasteiger partial charge in [-0.05, 0) is 43.7 Å². The quantitative estimate of drug-likeness (QED) is 0.754. The molecule has 2 fully saturated rings. The smallest absolute Gasteiger partial charge is 0.244 e. The fraction of sp³-hybridized carbons (Fsp3) is 0.348. The van der Waals surface area contributed by atoms with Crippen LogP contribution in [0.4, 0.5) is 11.4 Å². The lowest BCUT2D eigenvalue weighted by Gasteiger charge is -2.38. The number of rotatable bonds is 4. The third-order valence-corrected chi connectivity index (χ3v) is 5.87. The molecule has 2 aliphatic rings. The van der Waals surface area contributed by atoms with Crippen molar-refractivity contribution in [3.63, 3.8) is 0 Å². The van der Waals surface area contributed by atoms with E-state index in [0.717, 1.165) is 50.5 Å². The summed E-state index contributed by atoms with van der Waals surface area (Å²) in [6, 6.07) is 17.2. The summed E-state index contributed by atoms with van der Waals surface area (Å²) >= 11 is 0. The van der Waals surface area contributed by atoms with Gasteiger partial charge >= 0.3 is 0 Å². The number of benzene rings is 2. The first kappa shape index (κ1) is 19.2. The highest BCUT2D eigenvalue weighted by Gasteiger charge is 2.37. The predicted molar refractivity (Wildman–Crippen MR) is 112 cm³/mol. The molecule has 6 heteroatoms. The molecule has 2 aromatic rings. The Hall–Kier alpha value is -3.17. The van der Waals surface area contributed by atoms with Crippen LogP contribution in [0.2, 0.25) is 0 Å². The molecule has 0 N–H and O–H groups in total. The Labute approximate surface area is 170 Å². The van der Waals surface area contributed by atoms with Crippen LogP contribution in [0, 0.1) is 11.3 Å². The first-order valence-corrected chi connectivity index (χ1v) is 9.99. The molecular formula is C23H24N4O2. The van der Waals surface area contributed by atoms with E-state index in [0.29, 0.717) is 11.1 Å². The molecule has 0 saturated carbocycles. The van der Waals surface area contributed by atoms with Crippen molar-refractivity contribution in [2.45, 2.75) is 19.4 Å². The molecular weight excluding hydrogens is 364 g/mol. The van der Waals surface area contributed by atoms with E-state index in [4.69, 9.17) is 0 Å². The molecule has 0 aromatic heterocycles. The largest absolute Gasteiger partial charge is 0.368 e. The Morgan fingerprint density at radius 1 is 1.03 bits per heavy atom. The Bertz CT molecular complexity index is 959. The standard InChI is InChI=1S/C23H24N4O2/c1-17(28)18-7-8-19(16-24)22(15-18)26-13-11-25(12-14-26)21-9-10-27(23(21)29)20-5-3-2-4-6-20/h2-8,15,21H,9-14H2,1H3. The van der Waals surface area contributed by atoms with Crippen molar-refractivity contribution in [1.82, 2.24) is 4.90 Å². The van der Waals surface area contributed by atoms with Crippen molar-refractivity contribution in [2.24, 2.45) is 0 Å². The molecule has 148 valence electrons. The van der Waals surface area contributed by atoms with Gasteiger partial charge in [0.05, 0.1) is 17.3 Å². The maximum atomic E-state index is 13.0. The van der Waals surface area contributed by atoms with Gasteiger partial charge in [0.15, 0.2) is 5.78 Å². The third kappa shape index (κ3) is 3.74. The first-order chi connectivity index (χ1) is 14.1. The average Bonchev–Trinajstić information content (AvgIpc) is 3.15. The Morgan fingerprint density at radius 3 is 2.41 bits per heavy atom. The summed E-state index contributed by atoms with van der Waals surface area (Å²) in [4.78, 5) is 31.0. The van der Waals surface area contributed by atoms with Gasteiger partial charge < -0.3 is 9.80 Å². The number of Topliss-reactive ketones (excluding diaryl/α,β-unsaturated/α-hetero) is 1. The molecule has 0 aliphatic carbocycles. The molecule has 1 atom stereocenters. The Kier molecular flexibility index (Phi) is 5.32. The molecule has 2 aliphatic heterocycles. The van der Waals surface area contributed by atoms with E-state index in [9.17, 15) is 14.9 Å². The van der Waals surface area contributed by atoms with Crippen LogP contribution in [0.1, 0.15) is 29.3 Å². The molecule has 2 heterocycles. The highest BCUT2D eigenvalue weighted by Crippen LogP contribution is 2.27. The van der Waals surface area contributed by atoms with Gasteiger partial charge in [-0.1, -0.05) is 18.2 Å². The lowest BCUT2D eigenvalue weighted by atomic mass is 10.1. The second kappa shape index (κ2) is 8.06. The fourth-order valence-corrected chi connectivity index (χ4v) is 4.25. The van der Waals surface area contributed by atoms with Crippen molar-refractivity contribution in [3.8, 4) is 6.07 Å². The molecule has 4 rings (SSSR count). The van der Waals surface area contributed by atoms with Crippen molar-refractivity contribution in [2.75, 3.05) is 42.5 Å².